The Kier molecular flexibility index (Phi) is 2.04. The van der Waals surface area contributed by atoms with E-state index in [4.69, 9.17) is 5.73 Å². The lowest BCUT2D eigenvalue weighted by Gasteiger charge is -1.98. The number of aromatic amines is 1. The summed E-state index contributed by atoms with van der Waals surface area (Å²) in [6, 6.07) is 7.51. The van der Waals surface area contributed by atoms with E-state index in [-0.39, 0.29) is 0 Å². The van der Waals surface area contributed by atoms with Crippen LogP contribution in [0, 0.1) is 6.92 Å². The zero-order chi connectivity index (χ0) is 11.8. The van der Waals surface area contributed by atoms with Gasteiger partial charge >= 0.3 is 0 Å². The first kappa shape index (κ1) is 9.77. The van der Waals surface area contributed by atoms with Gasteiger partial charge in [-0.25, -0.2) is 9.97 Å². The van der Waals surface area contributed by atoms with Crippen LogP contribution in [0.25, 0.3) is 22.7 Å². The molecule has 0 saturated carbocycles. The molecule has 3 N–H and O–H groups in total. The van der Waals surface area contributed by atoms with Gasteiger partial charge in [0.1, 0.15) is 11.5 Å². The molecule has 0 spiro atoms. The van der Waals surface area contributed by atoms with Crippen molar-refractivity contribution in [3.8, 4) is 11.5 Å². The molecule has 0 aliphatic carbocycles. The van der Waals surface area contributed by atoms with Crippen molar-refractivity contribution in [1.82, 2.24) is 19.9 Å². The molecule has 5 nitrogen and oxygen atoms in total. The van der Waals surface area contributed by atoms with Gasteiger partial charge in [-0.3, -0.25) is 4.98 Å². The molecule has 84 valence electrons. The second-order valence-electron chi connectivity index (χ2n) is 3.86. The third-order valence-corrected chi connectivity index (χ3v) is 2.60. The summed E-state index contributed by atoms with van der Waals surface area (Å²) in [6.07, 6.45) is 1.75. The molecule has 0 unspecified atom stereocenters. The minimum Gasteiger partial charge on any atom is -0.384 e. The maximum atomic E-state index is 5.62. The quantitative estimate of drug-likeness (QED) is 0.663. The van der Waals surface area contributed by atoms with Gasteiger partial charge in [-0.1, -0.05) is 6.07 Å². The first-order chi connectivity index (χ1) is 8.24. The van der Waals surface area contributed by atoms with E-state index in [1.165, 1.54) is 0 Å². The van der Waals surface area contributed by atoms with Gasteiger partial charge in [0.15, 0.2) is 11.5 Å². The summed E-state index contributed by atoms with van der Waals surface area (Å²) in [6.45, 7) is 2.00. The van der Waals surface area contributed by atoms with Gasteiger partial charge in [0.25, 0.3) is 0 Å². The Bertz CT molecular complexity index is 686. The first-order valence-corrected chi connectivity index (χ1v) is 5.28. The predicted molar refractivity (Wildman–Crippen MR) is 66.3 cm³/mol. The average molecular weight is 225 g/mol. The molecule has 3 aromatic heterocycles. The number of nitrogens with one attached hydrogen (secondary N) is 1. The maximum Gasteiger partial charge on any atom is 0.180 e. The number of hydrogen-bond acceptors (Lipinski definition) is 4. The van der Waals surface area contributed by atoms with Gasteiger partial charge in [-0.15, -0.1) is 0 Å². The minimum atomic E-state index is 0.466. The Hall–Kier alpha value is -2.43. The summed E-state index contributed by atoms with van der Waals surface area (Å²) in [4.78, 5) is 16.1. The fraction of sp³-hybridized carbons (Fsp3) is 0.0833. The largest absolute Gasteiger partial charge is 0.384 e. The lowest BCUT2D eigenvalue weighted by atomic mass is 10.2. The van der Waals surface area contributed by atoms with Crippen molar-refractivity contribution < 1.29 is 0 Å². The standard InChI is InChI=1S/C12H11N5/c1-7-3-2-6-14-10(7)12-15-8-4-5-9(13)16-11(8)17-12/h2-6H,1H3,(H3,13,15,16,17). The van der Waals surface area contributed by atoms with Gasteiger partial charge in [-0.05, 0) is 30.7 Å². The van der Waals surface area contributed by atoms with Crippen LogP contribution in [-0.4, -0.2) is 19.9 Å². The van der Waals surface area contributed by atoms with Crippen molar-refractivity contribution in [2.45, 2.75) is 6.92 Å². The lowest BCUT2D eigenvalue weighted by Crippen LogP contribution is -1.89. The molecule has 0 atom stereocenters. The molecule has 0 saturated heterocycles. The van der Waals surface area contributed by atoms with Crippen LogP contribution in [0.2, 0.25) is 0 Å². The number of nitrogens with zero attached hydrogens (tertiary/aromatic N) is 3. The number of H-pyrrole nitrogens is 1. The number of fused-ring (bicyclic) bond motifs is 1. The molecule has 0 bridgehead atoms. The van der Waals surface area contributed by atoms with E-state index in [0.29, 0.717) is 11.5 Å². The smallest absolute Gasteiger partial charge is 0.180 e. The number of aromatic nitrogens is 4. The van der Waals surface area contributed by atoms with Gasteiger partial charge in [0.05, 0.1) is 5.52 Å². The Morgan fingerprint density at radius 3 is 2.88 bits per heavy atom. The van der Waals surface area contributed by atoms with Gasteiger partial charge < -0.3 is 10.7 Å². The van der Waals surface area contributed by atoms with Crippen LogP contribution in [-0.2, 0) is 0 Å². The highest BCUT2D eigenvalue weighted by molar-refractivity contribution is 5.76. The number of nitrogens with two attached hydrogens (primary N) is 1. The Morgan fingerprint density at radius 2 is 2.06 bits per heavy atom. The predicted octanol–water partition coefficient (Wildman–Crippen LogP) is 1.91. The highest BCUT2D eigenvalue weighted by atomic mass is 15.0. The Labute approximate surface area is 97.7 Å². The lowest BCUT2D eigenvalue weighted by molar-refractivity contribution is 1.20. The molecular weight excluding hydrogens is 214 g/mol. The normalized spacial score (nSPS) is 10.9. The number of nitrogen functional groups attached to an aromatic ring is 1. The fourth-order valence-electron chi connectivity index (χ4n) is 1.75. The molecule has 3 aromatic rings. The number of pyridine rings is 2. The van der Waals surface area contributed by atoms with Crippen LogP contribution in [0.4, 0.5) is 5.82 Å². The Balaban J connectivity index is 2.22. The van der Waals surface area contributed by atoms with E-state index in [1.54, 1.807) is 12.3 Å². The fourth-order valence-corrected chi connectivity index (χ4v) is 1.75. The summed E-state index contributed by atoms with van der Waals surface area (Å²) in [5.41, 5.74) is 9.00. The number of aryl methyl sites for hydroxylation is 1. The topological polar surface area (TPSA) is 80.5 Å². The summed E-state index contributed by atoms with van der Waals surface area (Å²) in [7, 11) is 0. The van der Waals surface area contributed by atoms with E-state index in [0.717, 1.165) is 22.6 Å². The van der Waals surface area contributed by atoms with Crippen LogP contribution >= 0.6 is 0 Å². The van der Waals surface area contributed by atoms with Crippen molar-refractivity contribution in [2.24, 2.45) is 0 Å². The zero-order valence-electron chi connectivity index (χ0n) is 9.31. The van der Waals surface area contributed by atoms with Crippen LogP contribution in [0.5, 0.6) is 0 Å². The third-order valence-electron chi connectivity index (χ3n) is 2.60. The van der Waals surface area contributed by atoms with Crippen molar-refractivity contribution >= 4 is 17.0 Å². The van der Waals surface area contributed by atoms with Crippen molar-refractivity contribution in [3.05, 3.63) is 36.0 Å². The van der Waals surface area contributed by atoms with E-state index < -0.39 is 0 Å². The molecular formula is C12H11N5. The maximum absolute atomic E-state index is 5.62. The number of anilines is 1. The molecule has 0 aromatic carbocycles. The van der Waals surface area contributed by atoms with Crippen molar-refractivity contribution in [1.29, 1.82) is 0 Å². The van der Waals surface area contributed by atoms with E-state index in [9.17, 15) is 0 Å². The van der Waals surface area contributed by atoms with E-state index in [2.05, 4.69) is 19.9 Å². The molecule has 0 aliphatic rings. The monoisotopic (exact) mass is 225 g/mol. The molecule has 0 aliphatic heterocycles. The van der Waals surface area contributed by atoms with Crippen molar-refractivity contribution in [2.75, 3.05) is 5.73 Å². The molecule has 0 fully saturated rings. The van der Waals surface area contributed by atoms with Crippen LogP contribution in [0.3, 0.4) is 0 Å². The SMILES string of the molecule is Cc1cccnc1-c1nc2nc(N)ccc2[nH]1. The third kappa shape index (κ3) is 1.61. The number of hydrogen-bond donors (Lipinski definition) is 2. The second kappa shape index (κ2) is 3.55. The van der Waals surface area contributed by atoms with E-state index >= 15 is 0 Å². The summed E-state index contributed by atoms with van der Waals surface area (Å²) in [5.74, 6) is 1.18. The molecule has 5 heteroatoms. The summed E-state index contributed by atoms with van der Waals surface area (Å²) < 4.78 is 0. The summed E-state index contributed by atoms with van der Waals surface area (Å²) >= 11 is 0. The number of imidazole rings is 1. The molecule has 3 rings (SSSR count). The molecule has 17 heavy (non-hydrogen) atoms. The van der Waals surface area contributed by atoms with Gasteiger partial charge in [0.2, 0.25) is 0 Å². The molecule has 0 radical (unpaired) electrons. The van der Waals surface area contributed by atoms with E-state index in [1.807, 2.05) is 25.1 Å². The summed E-state index contributed by atoms with van der Waals surface area (Å²) in [5, 5.41) is 0. The van der Waals surface area contributed by atoms with Crippen LogP contribution in [0.15, 0.2) is 30.5 Å². The minimum absolute atomic E-state index is 0.466. The zero-order valence-corrected chi connectivity index (χ0v) is 9.31. The molecule has 0 amide bonds. The van der Waals surface area contributed by atoms with Crippen molar-refractivity contribution in [3.63, 3.8) is 0 Å². The highest BCUT2D eigenvalue weighted by Gasteiger charge is 2.09. The Morgan fingerprint density at radius 1 is 1.18 bits per heavy atom. The first-order valence-electron chi connectivity index (χ1n) is 5.28. The van der Waals surface area contributed by atoms with Crippen LogP contribution in [0.1, 0.15) is 5.56 Å². The number of rotatable bonds is 1. The van der Waals surface area contributed by atoms with Gasteiger partial charge in [-0.2, -0.15) is 0 Å². The molecule has 3 heterocycles. The second-order valence-corrected chi connectivity index (χ2v) is 3.86. The van der Waals surface area contributed by atoms with Gasteiger partial charge in [0, 0.05) is 6.20 Å². The van der Waals surface area contributed by atoms with Crippen LogP contribution < -0.4 is 5.73 Å². The highest BCUT2D eigenvalue weighted by Crippen LogP contribution is 2.20. The average Bonchev–Trinajstić information content (AvgIpc) is 2.72.